The van der Waals surface area contributed by atoms with Gasteiger partial charge in [-0.05, 0) is 42.0 Å². The first-order valence-electron chi connectivity index (χ1n) is 7.32. The Morgan fingerprint density at radius 3 is 2.78 bits per heavy atom. The lowest BCUT2D eigenvalue weighted by Crippen LogP contribution is -2.24. The molecule has 4 nitrogen and oxygen atoms in total. The summed E-state index contributed by atoms with van der Waals surface area (Å²) in [4.78, 5) is 11.9. The van der Waals surface area contributed by atoms with Gasteiger partial charge >= 0.3 is 0 Å². The summed E-state index contributed by atoms with van der Waals surface area (Å²) in [5.74, 6) is 0.714. The molecule has 0 aliphatic carbocycles. The molecular formula is C18H16BrNO3. The van der Waals surface area contributed by atoms with Gasteiger partial charge in [0.2, 0.25) is 5.91 Å². The van der Waals surface area contributed by atoms with Gasteiger partial charge in [0.1, 0.15) is 11.3 Å². The molecule has 3 rings (SSSR count). The van der Waals surface area contributed by atoms with Gasteiger partial charge in [-0.3, -0.25) is 4.79 Å². The fourth-order valence-corrected chi connectivity index (χ4v) is 2.45. The number of fused-ring (bicyclic) bond motifs is 1. The Balaban J connectivity index is 1.43. The molecule has 1 aromatic heterocycles. The van der Waals surface area contributed by atoms with E-state index in [0.717, 1.165) is 26.8 Å². The van der Waals surface area contributed by atoms with E-state index in [1.54, 1.807) is 6.26 Å². The zero-order valence-corrected chi connectivity index (χ0v) is 14.0. The first-order chi connectivity index (χ1) is 11.2. The van der Waals surface area contributed by atoms with Crippen LogP contribution in [0, 0.1) is 0 Å². The maximum absolute atomic E-state index is 11.9. The molecule has 1 heterocycles. The summed E-state index contributed by atoms with van der Waals surface area (Å²) in [6.45, 7) is 0.832. The van der Waals surface area contributed by atoms with Crippen molar-refractivity contribution in [1.82, 2.24) is 5.32 Å². The van der Waals surface area contributed by atoms with Crippen LogP contribution in [0.25, 0.3) is 11.0 Å². The lowest BCUT2D eigenvalue weighted by atomic mass is 10.2. The first-order valence-corrected chi connectivity index (χ1v) is 8.11. The predicted octanol–water partition coefficient (Wildman–Crippen LogP) is 4.28. The van der Waals surface area contributed by atoms with Crippen molar-refractivity contribution < 1.29 is 13.9 Å². The third kappa shape index (κ3) is 4.36. The van der Waals surface area contributed by atoms with Crippen molar-refractivity contribution in [3.8, 4) is 5.75 Å². The topological polar surface area (TPSA) is 51.5 Å². The van der Waals surface area contributed by atoms with E-state index in [0.29, 0.717) is 19.6 Å². The Bertz CT molecular complexity index is 795. The van der Waals surface area contributed by atoms with Crippen molar-refractivity contribution in [2.75, 3.05) is 6.61 Å². The molecular weight excluding hydrogens is 358 g/mol. The summed E-state index contributed by atoms with van der Waals surface area (Å²) >= 11 is 3.37. The number of benzene rings is 2. The van der Waals surface area contributed by atoms with E-state index in [9.17, 15) is 4.79 Å². The predicted molar refractivity (Wildman–Crippen MR) is 92.3 cm³/mol. The largest absolute Gasteiger partial charge is 0.493 e. The smallest absolute Gasteiger partial charge is 0.223 e. The highest BCUT2D eigenvalue weighted by Crippen LogP contribution is 2.17. The van der Waals surface area contributed by atoms with Crippen molar-refractivity contribution in [3.05, 3.63) is 64.8 Å². The summed E-state index contributed by atoms with van der Waals surface area (Å²) < 4.78 is 11.9. The van der Waals surface area contributed by atoms with Gasteiger partial charge in [0, 0.05) is 16.4 Å². The second kappa shape index (κ2) is 7.33. The fraction of sp³-hybridized carbons (Fsp3) is 0.167. The minimum Gasteiger partial charge on any atom is -0.493 e. The Hall–Kier alpha value is -2.27. The van der Waals surface area contributed by atoms with Crippen molar-refractivity contribution in [1.29, 1.82) is 0 Å². The summed E-state index contributed by atoms with van der Waals surface area (Å²) in [5.41, 5.74) is 1.84. The van der Waals surface area contributed by atoms with Gasteiger partial charge in [0.25, 0.3) is 0 Å². The second-order valence-corrected chi connectivity index (χ2v) is 6.04. The third-order valence-electron chi connectivity index (χ3n) is 3.42. The van der Waals surface area contributed by atoms with Crippen molar-refractivity contribution in [3.63, 3.8) is 0 Å². The van der Waals surface area contributed by atoms with Crippen molar-refractivity contribution >= 4 is 32.8 Å². The van der Waals surface area contributed by atoms with Crippen LogP contribution in [-0.4, -0.2) is 12.5 Å². The van der Waals surface area contributed by atoms with Crippen LogP contribution in [-0.2, 0) is 11.3 Å². The molecule has 1 amide bonds. The Morgan fingerprint density at radius 2 is 1.96 bits per heavy atom. The number of amides is 1. The number of furan rings is 1. The number of hydrogen-bond acceptors (Lipinski definition) is 3. The normalized spacial score (nSPS) is 10.7. The maximum Gasteiger partial charge on any atom is 0.223 e. The molecule has 0 fully saturated rings. The molecule has 0 atom stereocenters. The number of carbonyl (C=O) groups is 1. The van der Waals surface area contributed by atoms with Crippen molar-refractivity contribution in [2.24, 2.45) is 0 Å². The SMILES string of the molecule is O=C(CCOc1ccc(Br)cc1)NCc1ccc2ccoc2c1. The Kier molecular flexibility index (Phi) is 4.98. The molecule has 0 spiro atoms. The van der Waals surface area contributed by atoms with Crippen LogP contribution < -0.4 is 10.1 Å². The van der Waals surface area contributed by atoms with Crippen LogP contribution in [0.3, 0.4) is 0 Å². The third-order valence-corrected chi connectivity index (χ3v) is 3.95. The van der Waals surface area contributed by atoms with Gasteiger partial charge in [-0.1, -0.05) is 28.1 Å². The monoisotopic (exact) mass is 373 g/mol. The van der Waals surface area contributed by atoms with Crippen LogP contribution >= 0.6 is 15.9 Å². The lowest BCUT2D eigenvalue weighted by Gasteiger charge is -2.07. The van der Waals surface area contributed by atoms with E-state index in [4.69, 9.17) is 9.15 Å². The molecule has 0 aliphatic rings. The molecule has 3 aromatic rings. The summed E-state index contributed by atoms with van der Waals surface area (Å²) in [6, 6.07) is 15.3. The van der Waals surface area contributed by atoms with Crippen LogP contribution in [0.4, 0.5) is 0 Å². The molecule has 5 heteroatoms. The summed E-state index contributed by atoms with van der Waals surface area (Å²) in [6.07, 6.45) is 1.98. The molecule has 2 aromatic carbocycles. The number of halogens is 1. The first kappa shape index (κ1) is 15.6. The number of carbonyl (C=O) groups excluding carboxylic acids is 1. The van der Waals surface area contributed by atoms with E-state index < -0.39 is 0 Å². The minimum absolute atomic E-state index is 0.0401. The molecule has 0 bridgehead atoms. The molecule has 0 aliphatic heterocycles. The average Bonchev–Trinajstić information content (AvgIpc) is 3.02. The van der Waals surface area contributed by atoms with Crippen LogP contribution in [0.2, 0.25) is 0 Å². The number of ether oxygens (including phenoxy) is 1. The second-order valence-electron chi connectivity index (χ2n) is 5.12. The lowest BCUT2D eigenvalue weighted by molar-refractivity contribution is -0.121. The zero-order valence-electron chi connectivity index (χ0n) is 12.4. The average molecular weight is 374 g/mol. The highest BCUT2D eigenvalue weighted by molar-refractivity contribution is 9.10. The molecule has 0 saturated carbocycles. The van der Waals surface area contributed by atoms with E-state index in [1.807, 2.05) is 48.5 Å². The van der Waals surface area contributed by atoms with Gasteiger partial charge in [0.15, 0.2) is 0 Å². The molecule has 0 saturated heterocycles. The highest BCUT2D eigenvalue weighted by atomic mass is 79.9. The highest BCUT2D eigenvalue weighted by Gasteiger charge is 2.04. The number of hydrogen-bond donors (Lipinski definition) is 1. The van der Waals surface area contributed by atoms with Crippen LogP contribution in [0.5, 0.6) is 5.75 Å². The van der Waals surface area contributed by atoms with E-state index in [2.05, 4.69) is 21.2 Å². The molecule has 0 unspecified atom stereocenters. The van der Waals surface area contributed by atoms with Gasteiger partial charge in [-0.25, -0.2) is 0 Å². The summed E-state index contributed by atoms with van der Waals surface area (Å²) in [5, 5.41) is 3.94. The standard InChI is InChI=1S/C18H16BrNO3/c19-15-3-5-16(6-4-15)22-10-8-18(21)20-12-13-1-2-14-7-9-23-17(14)11-13/h1-7,9,11H,8,10,12H2,(H,20,21). The molecule has 23 heavy (non-hydrogen) atoms. The van der Waals surface area contributed by atoms with E-state index in [1.165, 1.54) is 0 Å². The fourth-order valence-electron chi connectivity index (χ4n) is 2.19. The quantitative estimate of drug-likeness (QED) is 0.701. The van der Waals surface area contributed by atoms with Gasteiger partial charge in [0.05, 0.1) is 19.3 Å². The minimum atomic E-state index is -0.0401. The molecule has 1 N–H and O–H groups in total. The van der Waals surface area contributed by atoms with Gasteiger partial charge in [-0.2, -0.15) is 0 Å². The van der Waals surface area contributed by atoms with Gasteiger partial charge < -0.3 is 14.5 Å². The number of nitrogens with one attached hydrogen (secondary N) is 1. The Morgan fingerprint density at radius 1 is 1.13 bits per heavy atom. The van der Waals surface area contributed by atoms with E-state index >= 15 is 0 Å². The maximum atomic E-state index is 11.9. The number of rotatable bonds is 6. The molecule has 0 radical (unpaired) electrons. The van der Waals surface area contributed by atoms with E-state index in [-0.39, 0.29) is 5.91 Å². The van der Waals surface area contributed by atoms with Crippen molar-refractivity contribution in [2.45, 2.75) is 13.0 Å². The Labute approximate surface area is 142 Å². The molecule has 118 valence electrons. The summed E-state index contributed by atoms with van der Waals surface area (Å²) in [7, 11) is 0. The van der Waals surface area contributed by atoms with Crippen LogP contribution in [0.1, 0.15) is 12.0 Å². The zero-order chi connectivity index (χ0) is 16.1. The van der Waals surface area contributed by atoms with Crippen LogP contribution in [0.15, 0.2) is 63.7 Å². The van der Waals surface area contributed by atoms with Gasteiger partial charge in [-0.15, -0.1) is 0 Å².